The van der Waals surface area contributed by atoms with Crippen LogP contribution in [0, 0.1) is 13.8 Å². The Morgan fingerprint density at radius 1 is 1.25 bits per heavy atom. The Hall–Kier alpha value is -0.860. The van der Waals surface area contributed by atoms with E-state index in [2.05, 4.69) is 44.3 Å². The molecular weight excluding hydrogens is 196 g/mol. The summed E-state index contributed by atoms with van der Waals surface area (Å²) in [6.45, 7) is 6.38. The number of nitrogens with two attached hydrogens (primary N) is 1. The first-order chi connectivity index (χ1) is 7.54. The molecule has 1 aromatic rings. The van der Waals surface area contributed by atoms with Gasteiger partial charge in [0.2, 0.25) is 0 Å². The van der Waals surface area contributed by atoms with E-state index in [0.29, 0.717) is 6.04 Å². The van der Waals surface area contributed by atoms with Gasteiger partial charge in [0.05, 0.1) is 0 Å². The zero-order valence-electron chi connectivity index (χ0n) is 10.9. The Bertz CT molecular complexity index is 332. The highest BCUT2D eigenvalue weighted by atomic mass is 14.9. The van der Waals surface area contributed by atoms with Crippen LogP contribution in [-0.4, -0.2) is 13.1 Å². The van der Waals surface area contributed by atoms with Crippen LogP contribution in [0.25, 0.3) is 0 Å². The molecule has 2 heteroatoms. The highest BCUT2D eigenvalue weighted by molar-refractivity contribution is 5.32. The highest BCUT2D eigenvalue weighted by Crippen LogP contribution is 2.23. The van der Waals surface area contributed by atoms with E-state index in [1.165, 1.54) is 16.7 Å². The minimum Gasteiger partial charge on any atom is -0.328 e. The molecule has 0 aliphatic carbocycles. The van der Waals surface area contributed by atoms with Crippen molar-refractivity contribution in [2.75, 3.05) is 7.05 Å². The predicted molar refractivity (Wildman–Crippen MR) is 70.6 cm³/mol. The number of benzene rings is 1. The van der Waals surface area contributed by atoms with Crippen LogP contribution >= 0.6 is 0 Å². The lowest BCUT2D eigenvalue weighted by Gasteiger charge is -2.20. The van der Waals surface area contributed by atoms with Crippen LogP contribution in [0.1, 0.15) is 42.5 Å². The maximum Gasteiger partial charge on any atom is 0.0320 e. The second-order valence-electron chi connectivity index (χ2n) is 4.76. The summed E-state index contributed by atoms with van der Waals surface area (Å²) in [7, 11) is 2.02. The fourth-order valence-electron chi connectivity index (χ4n) is 2.02. The average Bonchev–Trinajstić information content (AvgIpc) is 2.23. The van der Waals surface area contributed by atoms with E-state index in [0.717, 1.165) is 12.8 Å². The second kappa shape index (κ2) is 6.02. The molecule has 0 fully saturated rings. The fraction of sp³-hybridized carbons (Fsp3) is 0.571. The number of aryl methyl sites for hydroxylation is 2. The van der Waals surface area contributed by atoms with Gasteiger partial charge in [0.1, 0.15) is 0 Å². The van der Waals surface area contributed by atoms with Gasteiger partial charge < -0.3 is 11.1 Å². The van der Waals surface area contributed by atoms with Gasteiger partial charge in [-0.05, 0) is 51.8 Å². The molecule has 2 unspecified atom stereocenters. The monoisotopic (exact) mass is 220 g/mol. The van der Waals surface area contributed by atoms with Crippen molar-refractivity contribution in [1.29, 1.82) is 0 Å². The largest absolute Gasteiger partial charge is 0.328 e. The van der Waals surface area contributed by atoms with Crippen LogP contribution in [-0.2, 0) is 0 Å². The Balaban J connectivity index is 2.81. The Morgan fingerprint density at radius 2 is 1.94 bits per heavy atom. The zero-order valence-corrected chi connectivity index (χ0v) is 10.9. The second-order valence-corrected chi connectivity index (χ2v) is 4.76. The molecule has 1 rings (SSSR count). The van der Waals surface area contributed by atoms with Gasteiger partial charge in [-0.15, -0.1) is 0 Å². The standard InChI is InChI=1S/C14H24N2/c1-10-5-6-11(2)13(9-10)14(16-4)8-7-12(3)15/h5-6,9,12,14,16H,7-8,15H2,1-4H3. The fourth-order valence-corrected chi connectivity index (χ4v) is 2.02. The van der Waals surface area contributed by atoms with Gasteiger partial charge in [0.25, 0.3) is 0 Å². The number of rotatable bonds is 5. The molecule has 0 radical (unpaired) electrons. The molecule has 2 nitrogen and oxygen atoms in total. The van der Waals surface area contributed by atoms with E-state index in [9.17, 15) is 0 Å². The molecule has 0 aliphatic heterocycles. The van der Waals surface area contributed by atoms with Gasteiger partial charge in [-0.2, -0.15) is 0 Å². The van der Waals surface area contributed by atoms with Gasteiger partial charge in [0, 0.05) is 12.1 Å². The van der Waals surface area contributed by atoms with E-state index >= 15 is 0 Å². The van der Waals surface area contributed by atoms with Crippen LogP contribution in [0.4, 0.5) is 0 Å². The van der Waals surface area contributed by atoms with Gasteiger partial charge in [-0.25, -0.2) is 0 Å². The zero-order chi connectivity index (χ0) is 12.1. The summed E-state index contributed by atoms with van der Waals surface area (Å²) in [4.78, 5) is 0. The molecule has 2 atom stereocenters. The quantitative estimate of drug-likeness (QED) is 0.800. The molecule has 16 heavy (non-hydrogen) atoms. The van der Waals surface area contributed by atoms with Gasteiger partial charge in [-0.3, -0.25) is 0 Å². The van der Waals surface area contributed by atoms with Crippen molar-refractivity contribution < 1.29 is 0 Å². The summed E-state index contributed by atoms with van der Waals surface area (Å²) in [5.74, 6) is 0. The lowest BCUT2D eigenvalue weighted by molar-refractivity contribution is 0.495. The summed E-state index contributed by atoms with van der Waals surface area (Å²) < 4.78 is 0. The average molecular weight is 220 g/mol. The molecule has 0 saturated carbocycles. The van der Waals surface area contributed by atoms with Crippen LogP contribution < -0.4 is 11.1 Å². The van der Waals surface area contributed by atoms with E-state index in [1.54, 1.807) is 0 Å². The lowest BCUT2D eigenvalue weighted by atomic mass is 9.95. The van der Waals surface area contributed by atoms with Crippen molar-refractivity contribution in [3.63, 3.8) is 0 Å². The van der Waals surface area contributed by atoms with Crippen LogP contribution in [0.5, 0.6) is 0 Å². The molecule has 0 bridgehead atoms. The van der Waals surface area contributed by atoms with E-state index < -0.39 is 0 Å². The maximum absolute atomic E-state index is 5.81. The summed E-state index contributed by atoms with van der Waals surface area (Å²) >= 11 is 0. The Kier molecular flexibility index (Phi) is 4.97. The van der Waals surface area contributed by atoms with Gasteiger partial charge in [-0.1, -0.05) is 23.8 Å². The van der Waals surface area contributed by atoms with Gasteiger partial charge >= 0.3 is 0 Å². The summed E-state index contributed by atoms with van der Waals surface area (Å²) in [5, 5.41) is 3.39. The lowest BCUT2D eigenvalue weighted by Crippen LogP contribution is -2.22. The number of nitrogens with one attached hydrogen (secondary N) is 1. The summed E-state index contributed by atoms with van der Waals surface area (Å²) in [6, 6.07) is 7.34. The Morgan fingerprint density at radius 3 is 2.50 bits per heavy atom. The normalized spacial score (nSPS) is 14.8. The molecule has 0 spiro atoms. The third-order valence-electron chi connectivity index (χ3n) is 3.07. The van der Waals surface area contributed by atoms with Crippen molar-refractivity contribution in [1.82, 2.24) is 5.32 Å². The smallest absolute Gasteiger partial charge is 0.0320 e. The van der Waals surface area contributed by atoms with Gasteiger partial charge in [0.15, 0.2) is 0 Å². The first-order valence-electron chi connectivity index (χ1n) is 6.04. The first kappa shape index (κ1) is 13.2. The first-order valence-corrected chi connectivity index (χ1v) is 6.04. The van der Waals surface area contributed by atoms with Crippen molar-refractivity contribution in [2.24, 2.45) is 5.73 Å². The molecule has 0 aliphatic rings. The highest BCUT2D eigenvalue weighted by Gasteiger charge is 2.12. The van der Waals surface area contributed by atoms with E-state index in [-0.39, 0.29) is 6.04 Å². The van der Waals surface area contributed by atoms with Crippen molar-refractivity contribution in [3.05, 3.63) is 34.9 Å². The molecule has 0 saturated heterocycles. The maximum atomic E-state index is 5.81. The summed E-state index contributed by atoms with van der Waals surface area (Å²) in [6.07, 6.45) is 2.15. The predicted octanol–water partition coefficient (Wildman–Crippen LogP) is 2.69. The molecule has 1 aromatic carbocycles. The summed E-state index contributed by atoms with van der Waals surface area (Å²) in [5.41, 5.74) is 9.90. The van der Waals surface area contributed by atoms with Crippen LogP contribution in [0.2, 0.25) is 0 Å². The minimum atomic E-state index is 0.279. The van der Waals surface area contributed by atoms with Crippen molar-refractivity contribution >= 4 is 0 Å². The molecule has 0 amide bonds. The molecule has 0 heterocycles. The topological polar surface area (TPSA) is 38.0 Å². The van der Waals surface area contributed by atoms with Crippen molar-refractivity contribution in [2.45, 2.75) is 45.7 Å². The molecule has 90 valence electrons. The van der Waals surface area contributed by atoms with E-state index in [4.69, 9.17) is 5.73 Å². The molecule has 0 aromatic heterocycles. The van der Waals surface area contributed by atoms with Crippen LogP contribution in [0.15, 0.2) is 18.2 Å². The Labute approximate surface area is 99.2 Å². The van der Waals surface area contributed by atoms with E-state index in [1.807, 2.05) is 7.05 Å². The minimum absolute atomic E-state index is 0.279. The van der Waals surface area contributed by atoms with Crippen molar-refractivity contribution in [3.8, 4) is 0 Å². The van der Waals surface area contributed by atoms with Crippen LogP contribution in [0.3, 0.4) is 0 Å². The third-order valence-corrected chi connectivity index (χ3v) is 3.07. The SMILES string of the molecule is CNC(CCC(C)N)c1cc(C)ccc1C. The molecular formula is C14H24N2. The third kappa shape index (κ3) is 3.62. The number of hydrogen-bond donors (Lipinski definition) is 2. The molecule has 3 N–H and O–H groups in total. The number of hydrogen-bond acceptors (Lipinski definition) is 2.